The smallest absolute Gasteiger partial charge is 0.275 e. The second-order valence-corrected chi connectivity index (χ2v) is 5.80. The molecule has 1 N–H and O–H groups in total. The fourth-order valence-corrected chi connectivity index (χ4v) is 2.48. The summed E-state index contributed by atoms with van der Waals surface area (Å²) in [5.74, 6) is -0.897. The summed E-state index contributed by atoms with van der Waals surface area (Å²) in [6, 6.07) is 2.47. The summed E-state index contributed by atoms with van der Waals surface area (Å²) < 4.78 is 41.1. The van der Waals surface area contributed by atoms with E-state index in [0.717, 1.165) is 6.07 Å². The molecule has 8 heteroatoms. The Balaban J connectivity index is 2.29. The minimum absolute atomic E-state index is 0.102. The lowest BCUT2D eigenvalue weighted by Gasteiger charge is -2.06. The third kappa shape index (κ3) is 2.90. The Morgan fingerprint density at radius 3 is 2.74 bits per heavy atom. The van der Waals surface area contributed by atoms with Gasteiger partial charge in [-0.25, -0.2) is 9.37 Å². The van der Waals surface area contributed by atoms with Gasteiger partial charge in [0.2, 0.25) is 5.03 Å². The van der Waals surface area contributed by atoms with Crippen molar-refractivity contribution in [3.05, 3.63) is 36.5 Å². The van der Waals surface area contributed by atoms with Crippen LogP contribution in [0.3, 0.4) is 0 Å². The largest absolute Gasteiger partial charge is 0.282 e. The number of hydrogen-bond donors (Lipinski definition) is 1. The van der Waals surface area contributed by atoms with Crippen LogP contribution >= 0.6 is 0 Å². The highest BCUT2D eigenvalue weighted by molar-refractivity contribution is 7.92. The molecule has 2 heterocycles. The highest BCUT2D eigenvalue weighted by atomic mass is 32.2. The molecule has 6 nitrogen and oxygen atoms in total. The van der Waals surface area contributed by atoms with Crippen LogP contribution in [0.15, 0.2) is 35.7 Å². The first-order valence-electron chi connectivity index (χ1n) is 5.57. The molecule has 0 fully saturated rings. The van der Waals surface area contributed by atoms with E-state index in [4.69, 9.17) is 0 Å². The molecule has 0 bridgehead atoms. The Bertz CT molecular complexity index is 682. The van der Waals surface area contributed by atoms with E-state index in [1.807, 2.05) is 13.8 Å². The second-order valence-electron chi connectivity index (χ2n) is 4.20. The molecule has 0 atom stereocenters. The molecule has 0 saturated carbocycles. The molecule has 0 spiro atoms. The summed E-state index contributed by atoms with van der Waals surface area (Å²) >= 11 is 0. The Labute approximate surface area is 110 Å². The molecule has 0 aliphatic rings. The van der Waals surface area contributed by atoms with E-state index in [1.165, 1.54) is 24.7 Å². The average molecular weight is 284 g/mol. The molecular weight excluding hydrogens is 271 g/mol. The minimum Gasteiger partial charge on any atom is -0.275 e. The van der Waals surface area contributed by atoms with Gasteiger partial charge in [-0.3, -0.25) is 9.40 Å². The first-order chi connectivity index (χ1) is 8.90. The molecule has 2 aromatic rings. The van der Waals surface area contributed by atoms with E-state index >= 15 is 0 Å². The lowest BCUT2D eigenvalue weighted by molar-refractivity contribution is 0.532. The molecule has 102 valence electrons. The van der Waals surface area contributed by atoms with Gasteiger partial charge in [-0.1, -0.05) is 0 Å². The lowest BCUT2D eigenvalue weighted by atomic mass is 10.4. The summed E-state index contributed by atoms with van der Waals surface area (Å²) in [6.07, 6.45) is 4.11. The lowest BCUT2D eigenvalue weighted by Crippen LogP contribution is -2.15. The SMILES string of the molecule is CC(C)n1cc(NS(=O)(=O)c2ncccc2F)cn1. The fraction of sp³-hybridized carbons (Fsp3) is 0.273. The van der Waals surface area contributed by atoms with Gasteiger partial charge in [-0.05, 0) is 26.0 Å². The van der Waals surface area contributed by atoms with E-state index in [9.17, 15) is 12.8 Å². The van der Waals surface area contributed by atoms with Crippen molar-refractivity contribution in [2.75, 3.05) is 4.72 Å². The Morgan fingerprint density at radius 1 is 1.42 bits per heavy atom. The van der Waals surface area contributed by atoms with Gasteiger partial charge >= 0.3 is 0 Å². The molecule has 2 aromatic heterocycles. The highest BCUT2D eigenvalue weighted by Gasteiger charge is 2.21. The first kappa shape index (κ1) is 13.5. The van der Waals surface area contributed by atoms with Crippen molar-refractivity contribution in [3.63, 3.8) is 0 Å². The third-order valence-electron chi connectivity index (χ3n) is 2.36. The van der Waals surface area contributed by atoms with Crippen LogP contribution in [-0.4, -0.2) is 23.2 Å². The van der Waals surface area contributed by atoms with Crippen LogP contribution in [0.25, 0.3) is 0 Å². The third-order valence-corrected chi connectivity index (χ3v) is 3.68. The van der Waals surface area contributed by atoms with Crippen molar-refractivity contribution < 1.29 is 12.8 Å². The van der Waals surface area contributed by atoms with Crippen LogP contribution in [-0.2, 0) is 10.0 Å². The van der Waals surface area contributed by atoms with Crippen LogP contribution in [0.1, 0.15) is 19.9 Å². The number of nitrogens with zero attached hydrogens (tertiary/aromatic N) is 3. The molecule has 2 rings (SSSR count). The van der Waals surface area contributed by atoms with Gasteiger partial charge in [-0.15, -0.1) is 0 Å². The maximum atomic E-state index is 13.4. The standard InChI is InChI=1S/C11H13FN4O2S/c1-8(2)16-7-9(6-14-16)15-19(17,18)11-10(12)4-3-5-13-11/h3-8,15H,1-2H3. The molecule has 19 heavy (non-hydrogen) atoms. The van der Waals surface area contributed by atoms with Crippen LogP contribution in [0.4, 0.5) is 10.1 Å². The van der Waals surface area contributed by atoms with Crippen LogP contribution in [0.5, 0.6) is 0 Å². The Kier molecular flexibility index (Phi) is 3.52. The maximum Gasteiger partial charge on any atom is 0.282 e. The summed E-state index contributed by atoms with van der Waals surface area (Å²) in [6.45, 7) is 3.81. The fourth-order valence-electron chi connectivity index (χ4n) is 1.45. The number of pyridine rings is 1. The summed E-state index contributed by atoms with van der Waals surface area (Å²) in [5.41, 5.74) is 0.263. The predicted octanol–water partition coefficient (Wildman–Crippen LogP) is 1.80. The van der Waals surface area contributed by atoms with Gasteiger partial charge in [-0.2, -0.15) is 13.5 Å². The van der Waals surface area contributed by atoms with Gasteiger partial charge in [0.05, 0.1) is 11.9 Å². The van der Waals surface area contributed by atoms with Gasteiger partial charge in [0.1, 0.15) is 0 Å². The zero-order chi connectivity index (χ0) is 14.0. The zero-order valence-electron chi connectivity index (χ0n) is 10.4. The summed E-state index contributed by atoms with van der Waals surface area (Å²) in [5, 5.41) is 3.36. The number of rotatable bonds is 4. The van der Waals surface area contributed by atoms with Crippen LogP contribution < -0.4 is 4.72 Å². The van der Waals surface area contributed by atoms with E-state index in [2.05, 4.69) is 14.8 Å². The van der Waals surface area contributed by atoms with Crippen molar-refractivity contribution in [2.24, 2.45) is 0 Å². The second kappa shape index (κ2) is 4.96. The minimum atomic E-state index is -4.05. The molecule has 0 amide bonds. The number of aromatic nitrogens is 3. The first-order valence-corrected chi connectivity index (χ1v) is 7.06. The number of anilines is 1. The molecular formula is C11H13FN4O2S. The average Bonchev–Trinajstić information content (AvgIpc) is 2.77. The van der Waals surface area contributed by atoms with E-state index < -0.39 is 20.9 Å². The molecule has 0 radical (unpaired) electrons. The molecule has 0 unspecified atom stereocenters. The quantitative estimate of drug-likeness (QED) is 0.928. The molecule has 0 saturated heterocycles. The monoisotopic (exact) mass is 284 g/mol. The van der Waals surface area contributed by atoms with Gasteiger partial charge < -0.3 is 0 Å². The Hall–Kier alpha value is -1.96. The predicted molar refractivity (Wildman–Crippen MR) is 67.6 cm³/mol. The van der Waals surface area contributed by atoms with Crippen molar-refractivity contribution >= 4 is 15.7 Å². The Morgan fingerprint density at radius 2 is 2.16 bits per heavy atom. The van der Waals surface area contributed by atoms with Crippen molar-refractivity contribution in [2.45, 2.75) is 24.9 Å². The van der Waals surface area contributed by atoms with Gasteiger partial charge in [0.25, 0.3) is 10.0 Å². The van der Waals surface area contributed by atoms with Crippen molar-refractivity contribution in [1.82, 2.24) is 14.8 Å². The summed E-state index contributed by atoms with van der Waals surface area (Å²) in [7, 11) is -4.05. The van der Waals surface area contributed by atoms with Crippen molar-refractivity contribution in [1.29, 1.82) is 0 Å². The number of sulfonamides is 1. The molecule has 0 aromatic carbocycles. The maximum absolute atomic E-state index is 13.4. The van der Waals surface area contributed by atoms with Crippen molar-refractivity contribution in [3.8, 4) is 0 Å². The van der Waals surface area contributed by atoms with Gasteiger partial charge in [0, 0.05) is 18.4 Å². The topological polar surface area (TPSA) is 76.9 Å². The van der Waals surface area contributed by atoms with E-state index in [0.29, 0.717) is 0 Å². The molecule has 0 aliphatic heterocycles. The molecule has 0 aliphatic carbocycles. The number of halogens is 1. The zero-order valence-corrected chi connectivity index (χ0v) is 11.2. The van der Waals surface area contributed by atoms with E-state index in [1.54, 1.807) is 4.68 Å². The summed E-state index contributed by atoms with van der Waals surface area (Å²) in [4.78, 5) is 3.54. The van der Waals surface area contributed by atoms with E-state index in [-0.39, 0.29) is 11.7 Å². The van der Waals surface area contributed by atoms with Gasteiger partial charge in [0.15, 0.2) is 5.82 Å². The normalized spacial score (nSPS) is 11.8. The number of hydrogen-bond acceptors (Lipinski definition) is 4. The van der Waals surface area contributed by atoms with Crippen LogP contribution in [0.2, 0.25) is 0 Å². The van der Waals surface area contributed by atoms with Crippen LogP contribution in [0, 0.1) is 5.82 Å². The highest BCUT2D eigenvalue weighted by Crippen LogP contribution is 2.17. The number of nitrogens with one attached hydrogen (secondary N) is 1.